The summed E-state index contributed by atoms with van der Waals surface area (Å²) in [7, 11) is -1.44. The van der Waals surface area contributed by atoms with Gasteiger partial charge in [-0.05, 0) is 12.5 Å². The van der Waals surface area contributed by atoms with E-state index in [4.69, 9.17) is 14.8 Å². The minimum absolute atomic E-state index is 0.434. The van der Waals surface area contributed by atoms with Crippen molar-refractivity contribution in [1.29, 1.82) is 0 Å². The number of nitrogens with zero attached hydrogens (tertiary/aromatic N) is 3. The van der Waals surface area contributed by atoms with Crippen molar-refractivity contribution in [1.82, 2.24) is 9.88 Å². The number of ether oxygens (including phenoxy) is 1. The van der Waals surface area contributed by atoms with E-state index in [1.165, 1.54) is 12.6 Å². The van der Waals surface area contributed by atoms with Gasteiger partial charge in [0.15, 0.2) is 0 Å². The molecule has 2 N–H and O–H groups in total. The number of pyridine rings is 1. The molecule has 0 spiro atoms. The second kappa shape index (κ2) is 4.70. The summed E-state index contributed by atoms with van der Waals surface area (Å²) in [4.78, 5) is 9.24. The minimum atomic E-state index is -1.44. The van der Waals surface area contributed by atoms with Gasteiger partial charge in [-0.1, -0.05) is 6.07 Å². The van der Waals surface area contributed by atoms with Crippen LogP contribution in [0.3, 0.4) is 0 Å². The van der Waals surface area contributed by atoms with Gasteiger partial charge in [0.05, 0.1) is 19.3 Å². The number of piperidine rings is 1. The molecule has 20 heavy (non-hydrogen) atoms. The number of fused-ring (bicyclic) bond motifs is 2. The van der Waals surface area contributed by atoms with Gasteiger partial charge in [-0.2, -0.15) is 0 Å². The van der Waals surface area contributed by atoms with Crippen molar-refractivity contribution in [2.24, 2.45) is 0 Å². The summed E-state index contributed by atoms with van der Waals surface area (Å²) in [5.41, 5.74) is 0.434. The van der Waals surface area contributed by atoms with Crippen molar-refractivity contribution in [3.63, 3.8) is 0 Å². The zero-order valence-corrected chi connectivity index (χ0v) is 11.2. The fourth-order valence-electron chi connectivity index (χ4n) is 3.55. The van der Waals surface area contributed by atoms with E-state index in [1.54, 1.807) is 6.07 Å². The average molecular weight is 275 g/mol. The first-order valence-electron chi connectivity index (χ1n) is 7.14. The maximum absolute atomic E-state index is 9.09. The van der Waals surface area contributed by atoms with Crippen LogP contribution in [0, 0.1) is 0 Å². The minimum Gasteiger partial charge on any atom is -0.423 e. The third kappa shape index (κ3) is 1.93. The van der Waals surface area contributed by atoms with Crippen LogP contribution in [0.15, 0.2) is 18.3 Å². The third-order valence-electron chi connectivity index (χ3n) is 4.68. The Morgan fingerprint density at radius 2 is 1.90 bits per heavy atom. The fourth-order valence-corrected chi connectivity index (χ4v) is 3.55. The summed E-state index contributed by atoms with van der Waals surface area (Å²) in [6.07, 6.45) is 2.82. The van der Waals surface area contributed by atoms with Gasteiger partial charge in [-0.15, -0.1) is 0 Å². The fraction of sp³-hybridized carbons (Fsp3) is 0.615. The quantitative estimate of drug-likeness (QED) is 0.649. The van der Waals surface area contributed by atoms with Crippen LogP contribution in [-0.2, 0) is 4.74 Å². The molecule has 0 saturated carbocycles. The second-order valence-electron chi connectivity index (χ2n) is 5.91. The summed E-state index contributed by atoms with van der Waals surface area (Å²) < 4.78 is 5.29. The molecular weight excluding hydrogens is 257 g/mol. The van der Waals surface area contributed by atoms with E-state index in [2.05, 4.69) is 14.8 Å². The Morgan fingerprint density at radius 3 is 2.40 bits per heavy atom. The summed E-state index contributed by atoms with van der Waals surface area (Å²) >= 11 is 0. The topological polar surface area (TPSA) is 69.1 Å². The van der Waals surface area contributed by atoms with Crippen LogP contribution in [0.4, 0.5) is 5.82 Å². The van der Waals surface area contributed by atoms with E-state index in [0.29, 0.717) is 23.6 Å². The first-order valence-corrected chi connectivity index (χ1v) is 7.14. The second-order valence-corrected chi connectivity index (χ2v) is 5.91. The molecule has 0 amide bonds. The highest BCUT2D eigenvalue weighted by atomic mass is 16.5. The highest BCUT2D eigenvalue weighted by Crippen LogP contribution is 2.37. The van der Waals surface area contributed by atoms with Crippen molar-refractivity contribution < 1.29 is 14.8 Å². The van der Waals surface area contributed by atoms with E-state index < -0.39 is 7.12 Å². The molecule has 0 radical (unpaired) electrons. The number of piperazine rings is 1. The predicted octanol–water partition coefficient (Wildman–Crippen LogP) is -1.58. The summed E-state index contributed by atoms with van der Waals surface area (Å²) in [6.45, 7) is 3.77. The molecule has 1 aromatic heterocycles. The molecule has 5 heterocycles. The van der Waals surface area contributed by atoms with E-state index in [0.717, 1.165) is 32.1 Å². The SMILES string of the molecule is OB(O)c1ccc(N2CC3CC(C2)N3C2COC2)nc1. The summed E-state index contributed by atoms with van der Waals surface area (Å²) in [6, 6.07) is 5.46. The lowest BCUT2D eigenvalue weighted by Crippen LogP contribution is -2.74. The van der Waals surface area contributed by atoms with Gasteiger partial charge in [-0.3, -0.25) is 4.90 Å². The molecule has 2 bridgehead atoms. The number of rotatable bonds is 3. The van der Waals surface area contributed by atoms with E-state index in [-0.39, 0.29) is 0 Å². The molecule has 2 atom stereocenters. The zero-order chi connectivity index (χ0) is 13.7. The largest absolute Gasteiger partial charge is 0.490 e. The van der Waals surface area contributed by atoms with Gasteiger partial charge in [0.25, 0.3) is 0 Å². The molecule has 1 aromatic rings. The maximum Gasteiger partial charge on any atom is 0.490 e. The molecule has 4 fully saturated rings. The zero-order valence-electron chi connectivity index (χ0n) is 11.2. The highest BCUT2D eigenvalue weighted by molar-refractivity contribution is 6.58. The van der Waals surface area contributed by atoms with Crippen molar-refractivity contribution >= 4 is 18.4 Å². The van der Waals surface area contributed by atoms with Crippen molar-refractivity contribution in [2.75, 3.05) is 31.2 Å². The number of aromatic nitrogens is 1. The Balaban J connectivity index is 1.44. The number of anilines is 1. The maximum atomic E-state index is 9.09. The molecule has 4 aliphatic heterocycles. The predicted molar refractivity (Wildman–Crippen MR) is 74.9 cm³/mol. The third-order valence-corrected chi connectivity index (χ3v) is 4.68. The van der Waals surface area contributed by atoms with Gasteiger partial charge in [0.1, 0.15) is 5.82 Å². The van der Waals surface area contributed by atoms with E-state index in [9.17, 15) is 0 Å². The molecule has 0 aliphatic carbocycles. The molecule has 2 unspecified atom stereocenters. The van der Waals surface area contributed by atoms with Gasteiger partial charge < -0.3 is 19.7 Å². The monoisotopic (exact) mass is 275 g/mol. The smallest absolute Gasteiger partial charge is 0.423 e. The Labute approximate surface area is 118 Å². The van der Waals surface area contributed by atoms with Gasteiger partial charge in [0, 0.05) is 36.8 Å². The summed E-state index contributed by atoms with van der Waals surface area (Å²) in [5, 5.41) is 18.2. The van der Waals surface area contributed by atoms with E-state index >= 15 is 0 Å². The molecule has 0 aromatic carbocycles. The highest BCUT2D eigenvalue weighted by Gasteiger charge is 2.49. The molecule has 6 nitrogen and oxygen atoms in total. The van der Waals surface area contributed by atoms with Crippen LogP contribution in [0.1, 0.15) is 6.42 Å². The molecule has 7 heteroatoms. The van der Waals surface area contributed by atoms with Gasteiger partial charge in [-0.25, -0.2) is 4.98 Å². The van der Waals surface area contributed by atoms with Crippen LogP contribution in [-0.4, -0.2) is 71.5 Å². The number of hydrogen-bond donors (Lipinski definition) is 2. The average Bonchev–Trinajstić information content (AvgIpc) is 2.43. The van der Waals surface area contributed by atoms with Crippen molar-refractivity contribution in [3.8, 4) is 0 Å². The van der Waals surface area contributed by atoms with Crippen molar-refractivity contribution in [2.45, 2.75) is 24.5 Å². The standard InChI is InChI=1S/C13H18BN3O3/c18-14(19)9-1-2-13(15-4-9)16-5-10-3-11(6-16)17(10)12-7-20-8-12/h1-2,4,10-12,18-19H,3,5-8H2. The van der Waals surface area contributed by atoms with Crippen LogP contribution in [0.5, 0.6) is 0 Å². The Bertz CT molecular complexity index is 482. The molecule has 106 valence electrons. The lowest BCUT2D eigenvalue weighted by Gasteiger charge is -2.60. The van der Waals surface area contributed by atoms with Crippen LogP contribution in [0.2, 0.25) is 0 Å². The number of hydrogen-bond acceptors (Lipinski definition) is 6. The summed E-state index contributed by atoms with van der Waals surface area (Å²) in [5.74, 6) is 0.925. The Hall–Kier alpha value is -1.15. The molecule has 4 saturated heterocycles. The van der Waals surface area contributed by atoms with E-state index in [1.807, 2.05) is 6.07 Å². The first kappa shape index (κ1) is 12.6. The van der Waals surface area contributed by atoms with Crippen LogP contribution >= 0.6 is 0 Å². The Morgan fingerprint density at radius 1 is 1.15 bits per heavy atom. The van der Waals surface area contributed by atoms with Gasteiger partial charge in [0.2, 0.25) is 0 Å². The Kier molecular flexibility index (Phi) is 2.96. The lowest BCUT2D eigenvalue weighted by atomic mass is 9.81. The van der Waals surface area contributed by atoms with Crippen LogP contribution in [0.25, 0.3) is 0 Å². The van der Waals surface area contributed by atoms with Gasteiger partial charge >= 0.3 is 7.12 Å². The first-order chi connectivity index (χ1) is 9.72. The lowest BCUT2D eigenvalue weighted by molar-refractivity contribution is -0.141. The van der Waals surface area contributed by atoms with Crippen LogP contribution < -0.4 is 10.4 Å². The molecule has 4 aliphatic rings. The molecule has 5 rings (SSSR count). The van der Waals surface area contributed by atoms with Crippen molar-refractivity contribution in [3.05, 3.63) is 18.3 Å². The molecular formula is C13H18BN3O3. The normalized spacial score (nSPS) is 29.8.